The van der Waals surface area contributed by atoms with Crippen LogP contribution in [0.5, 0.6) is 0 Å². The lowest BCUT2D eigenvalue weighted by molar-refractivity contribution is -0.690. The van der Waals surface area contributed by atoms with Crippen molar-refractivity contribution in [1.82, 2.24) is 5.16 Å². The molecule has 0 amide bonds. The van der Waals surface area contributed by atoms with Crippen molar-refractivity contribution in [3.8, 4) is 0 Å². The van der Waals surface area contributed by atoms with Gasteiger partial charge in [0.25, 0.3) is 0 Å². The Hall–Kier alpha value is -1.64. The average Bonchev–Trinajstić information content (AvgIpc) is 2.59. The van der Waals surface area contributed by atoms with Gasteiger partial charge in [0.2, 0.25) is 12.3 Å². The molecule has 0 aromatic carbocycles. The van der Waals surface area contributed by atoms with Crippen LogP contribution >= 0.6 is 0 Å². The summed E-state index contributed by atoms with van der Waals surface area (Å²) >= 11 is 0. The maximum atomic E-state index is 4.97. The molecule has 0 saturated heterocycles. The second kappa shape index (κ2) is 3.17. The quantitative estimate of drug-likeness (QED) is 0.615. The highest BCUT2D eigenvalue weighted by molar-refractivity contribution is 4.90. The lowest BCUT2D eigenvalue weighted by Crippen LogP contribution is -2.32. The third kappa shape index (κ3) is 1.50. The lowest BCUT2D eigenvalue weighted by Gasteiger charge is -1.89. The second-order valence-corrected chi connectivity index (χ2v) is 2.53. The number of hydrogen-bond acceptors (Lipinski definition) is 2. The van der Waals surface area contributed by atoms with Gasteiger partial charge < -0.3 is 4.52 Å². The van der Waals surface area contributed by atoms with E-state index in [1.54, 1.807) is 6.20 Å². The van der Waals surface area contributed by atoms with Crippen molar-refractivity contribution >= 4 is 0 Å². The fourth-order valence-corrected chi connectivity index (χ4v) is 1.04. The third-order valence-electron chi connectivity index (χ3n) is 1.61. The van der Waals surface area contributed by atoms with Gasteiger partial charge in [0.05, 0.1) is 6.20 Å². The van der Waals surface area contributed by atoms with E-state index in [1.165, 1.54) is 0 Å². The molecule has 0 saturated carbocycles. The molecule has 0 unspecified atom stereocenters. The molecule has 0 spiro atoms. The van der Waals surface area contributed by atoms with E-state index in [0.717, 1.165) is 12.3 Å². The fraction of sp³-hybridized carbons (Fsp3) is 0.111. The van der Waals surface area contributed by atoms with Gasteiger partial charge in [0.15, 0.2) is 12.4 Å². The molecule has 60 valence electrons. The molecule has 2 aromatic heterocycles. The van der Waals surface area contributed by atoms with Crippen LogP contribution in [0.25, 0.3) is 0 Å². The van der Waals surface area contributed by atoms with Gasteiger partial charge in [-0.15, -0.1) is 0 Å². The van der Waals surface area contributed by atoms with Crippen molar-refractivity contribution in [2.75, 3.05) is 0 Å². The smallest absolute Gasteiger partial charge is 0.208 e. The molecule has 0 bridgehead atoms. The summed E-state index contributed by atoms with van der Waals surface area (Å²) in [4.78, 5) is 0. The van der Waals surface area contributed by atoms with Crippen LogP contribution in [0.2, 0.25) is 0 Å². The number of rotatable bonds is 2. The minimum Gasteiger partial charge on any atom is -0.355 e. The van der Waals surface area contributed by atoms with Crippen LogP contribution in [-0.4, -0.2) is 5.16 Å². The summed E-state index contributed by atoms with van der Waals surface area (Å²) in [6.07, 6.45) is 5.63. The fourth-order valence-electron chi connectivity index (χ4n) is 1.04. The predicted octanol–water partition coefficient (Wildman–Crippen LogP) is 1.01. The van der Waals surface area contributed by atoms with Crippen LogP contribution in [0.1, 0.15) is 5.76 Å². The Kier molecular flexibility index (Phi) is 1.86. The van der Waals surface area contributed by atoms with Crippen molar-refractivity contribution in [3.63, 3.8) is 0 Å². The number of pyridine rings is 1. The Labute approximate surface area is 70.2 Å². The van der Waals surface area contributed by atoms with E-state index in [1.807, 2.05) is 41.2 Å². The summed E-state index contributed by atoms with van der Waals surface area (Å²) in [6, 6.07) is 7.81. The van der Waals surface area contributed by atoms with Crippen LogP contribution in [0.3, 0.4) is 0 Å². The Morgan fingerprint density at radius 1 is 1.25 bits per heavy atom. The minimum atomic E-state index is 0.737. The molecule has 0 atom stereocenters. The maximum absolute atomic E-state index is 4.97. The standard InChI is InChI=1S/C9H9N2O/c1-2-6-11(7-3-1)8-9-4-5-10-12-9/h1-7H,8H2/q+1. The van der Waals surface area contributed by atoms with Crippen molar-refractivity contribution in [2.24, 2.45) is 0 Å². The summed E-state index contributed by atoms with van der Waals surface area (Å²) in [5.74, 6) is 0.867. The molecular weight excluding hydrogens is 152 g/mol. The van der Waals surface area contributed by atoms with E-state index in [-0.39, 0.29) is 0 Å². The van der Waals surface area contributed by atoms with Crippen molar-refractivity contribution in [2.45, 2.75) is 6.54 Å². The van der Waals surface area contributed by atoms with Crippen LogP contribution in [0, 0.1) is 0 Å². The van der Waals surface area contributed by atoms with E-state index < -0.39 is 0 Å². The van der Waals surface area contributed by atoms with Crippen molar-refractivity contribution in [3.05, 3.63) is 48.6 Å². The summed E-state index contributed by atoms with van der Waals surface area (Å²) in [5, 5.41) is 3.63. The van der Waals surface area contributed by atoms with Gasteiger partial charge >= 0.3 is 0 Å². The number of hydrogen-bond donors (Lipinski definition) is 0. The molecule has 3 heteroatoms. The van der Waals surface area contributed by atoms with Crippen LogP contribution in [0.4, 0.5) is 0 Å². The highest BCUT2D eigenvalue weighted by atomic mass is 16.5. The molecule has 0 aliphatic rings. The van der Waals surface area contributed by atoms with Crippen LogP contribution < -0.4 is 4.57 Å². The van der Waals surface area contributed by atoms with E-state index in [2.05, 4.69) is 5.16 Å². The average molecular weight is 161 g/mol. The van der Waals surface area contributed by atoms with Gasteiger partial charge in [0, 0.05) is 18.2 Å². The van der Waals surface area contributed by atoms with E-state index in [0.29, 0.717) is 0 Å². The van der Waals surface area contributed by atoms with Gasteiger partial charge in [-0.2, -0.15) is 4.57 Å². The SMILES string of the molecule is c1cc[n+](Cc2ccno2)cc1. The van der Waals surface area contributed by atoms with E-state index >= 15 is 0 Å². The van der Waals surface area contributed by atoms with Gasteiger partial charge in [-0.05, 0) is 0 Å². The molecule has 2 rings (SSSR count). The maximum Gasteiger partial charge on any atom is 0.208 e. The van der Waals surface area contributed by atoms with Gasteiger partial charge in [-0.3, -0.25) is 0 Å². The van der Waals surface area contributed by atoms with Gasteiger partial charge in [0.1, 0.15) is 0 Å². The largest absolute Gasteiger partial charge is 0.355 e. The molecule has 12 heavy (non-hydrogen) atoms. The molecule has 0 fully saturated rings. The van der Waals surface area contributed by atoms with Crippen LogP contribution in [0.15, 0.2) is 47.4 Å². The van der Waals surface area contributed by atoms with E-state index in [9.17, 15) is 0 Å². The highest BCUT2D eigenvalue weighted by Gasteiger charge is 2.03. The first kappa shape index (κ1) is 7.03. The third-order valence-corrected chi connectivity index (χ3v) is 1.61. The van der Waals surface area contributed by atoms with Crippen molar-refractivity contribution < 1.29 is 9.09 Å². The lowest BCUT2D eigenvalue weighted by atomic mass is 10.4. The molecule has 3 nitrogen and oxygen atoms in total. The summed E-state index contributed by atoms with van der Waals surface area (Å²) in [7, 11) is 0. The summed E-state index contributed by atoms with van der Waals surface area (Å²) in [6.45, 7) is 0.737. The minimum absolute atomic E-state index is 0.737. The first-order chi connectivity index (χ1) is 5.95. The van der Waals surface area contributed by atoms with Gasteiger partial charge in [-0.25, -0.2) is 0 Å². The highest BCUT2D eigenvalue weighted by Crippen LogP contribution is 1.94. The molecule has 2 aromatic rings. The summed E-state index contributed by atoms with van der Waals surface area (Å²) in [5.41, 5.74) is 0. The molecular formula is C9H9N2O+. The van der Waals surface area contributed by atoms with Crippen molar-refractivity contribution in [1.29, 1.82) is 0 Å². The molecule has 0 radical (unpaired) electrons. The van der Waals surface area contributed by atoms with Crippen LogP contribution in [-0.2, 0) is 6.54 Å². The Morgan fingerprint density at radius 3 is 2.75 bits per heavy atom. The first-order valence-corrected chi connectivity index (χ1v) is 3.79. The molecule has 0 N–H and O–H groups in total. The molecule has 0 aliphatic heterocycles. The molecule has 2 heterocycles. The Bertz CT molecular complexity index is 329. The number of nitrogens with zero attached hydrogens (tertiary/aromatic N) is 2. The second-order valence-electron chi connectivity index (χ2n) is 2.53. The monoisotopic (exact) mass is 161 g/mol. The van der Waals surface area contributed by atoms with Gasteiger partial charge in [-0.1, -0.05) is 11.2 Å². The topological polar surface area (TPSA) is 29.9 Å². The Balaban J connectivity index is 2.15. The Morgan fingerprint density at radius 2 is 2.08 bits per heavy atom. The first-order valence-electron chi connectivity index (χ1n) is 3.79. The van der Waals surface area contributed by atoms with E-state index in [4.69, 9.17) is 4.52 Å². The predicted molar refractivity (Wildman–Crippen MR) is 42.2 cm³/mol. The normalized spacial score (nSPS) is 10.0. The zero-order valence-electron chi connectivity index (χ0n) is 6.55. The summed E-state index contributed by atoms with van der Waals surface area (Å²) < 4.78 is 6.99. The number of aromatic nitrogens is 2. The zero-order valence-corrected chi connectivity index (χ0v) is 6.55. The zero-order chi connectivity index (χ0) is 8.23. The molecule has 0 aliphatic carbocycles.